The molecular weight excluding hydrogens is 466 g/mol. The first-order chi connectivity index (χ1) is 17.5. The zero-order chi connectivity index (χ0) is 25.5. The van der Waals surface area contributed by atoms with Crippen LogP contribution in [0.3, 0.4) is 0 Å². The Balaban J connectivity index is 1.57. The topological polar surface area (TPSA) is 63.1 Å². The molecule has 1 N–H and O–H groups in total. The van der Waals surface area contributed by atoms with Crippen molar-refractivity contribution in [2.24, 2.45) is 0 Å². The molecule has 3 aromatic carbocycles. The van der Waals surface area contributed by atoms with Crippen molar-refractivity contribution in [3.8, 4) is 11.1 Å². The second kappa shape index (κ2) is 12.0. The van der Waals surface area contributed by atoms with E-state index in [2.05, 4.69) is 58.1 Å². The maximum Gasteiger partial charge on any atom is 0.237 e. The molecule has 1 aromatic heterocycles. The molecular formula is C29H33N5OS. The molecule has 7 heteroatoms. The lowest BCUT2D eigenvalue weighted by Crippen LogP contribution is -2.25. The van der Waals surface area contributed by atoms with Crippen LogP contribution in [0.5, 0.6) is 0 Å². The second-order valence-corrected chi connectivity index (χ2v) is 10.3. The molecule has 4 aromatic rings. The molecule has 0 aliphatic heterocycles. The minimum atomic E-state index is -0.361. The highest BCUT2D eigenvalue weighted by molar-refractivity contribution is 8.00. The summed E-state index contributed by atoms with van der Waals surface area (Å²) in [5.41, 5.74) is 4.03. The van der Waals surface area contributed by atoms with E-state index < -0.39 is 0 Å². The number of aromatic nitrogens is 3. The molecule has 1 heterocycles. The van der Waals surface area contributed by atoms with Gasteiger partial charge >= 0.3 is 0 Å². The van der Waals surface area contributed by atoms with Crippen molar-refractivity contribution < 1.29 is 4.79 Å². The average Bonchev–Trinajstić information content (AvgIpc) is 3.27. The Morgan fingerprint density at radius 2 is 1.58 bits per heavy atom. The number of anilines is 1. The second-order valence-electron chi connectivity index (χ2n) is 8.96. The van der Waals surface area contributed by atoms with Gasteiger partial charge in [-0.1, -0.05) is 97.5 Å². The first-order valence-corrected chi connectivity index (χ1v) is 13.1. The summed E-state index contributed by atoms with van der Waals surface area (Å²) in [4.78, 5) is 15.4. The highest BCUT2D eigenvalue weighted by Gasteiger charge is 2.25. The summed E-state index contributed by atoms with van der Waals surface area (Å²) in [6.07, 6.45) is 0.914. The van der Waals surface area contributed by atoms with E-state index in [1.54, 1.807) is 0 Å². The summed E-state index contributed by atoms with van der Waals surface area (Å²) in [7, 11) is 4.12. The molecule has 0 bridgehead atoms. The predicted molar refractivity (Wildman–Crippen MR) is 148 cm³/mol. The number of amides is 1. The summed E-state index contributed by atoms with van der Waals surface area (Å²) in [6.45, 7) is 4.72. The number of carbonyl (C=O) groups excluding carboxylic acids is 1. The monoisotopic (exact) mass is 499 g/mol. The molecule has 36 heavy (non-hydrogen) atoms. The Morgan fingerprint density at radius 3 is 2.25 bits per heavy atom. The molecule has 0 spiro atoms. The summed E-state index contributed by atoms with van der Waals surface area (Å²) in [5, 5.41) is 12.6. The van der Waals surface area contributed by atoms with E-state index in [0.717, 1.165) is 34.2 Å². The standard InChI is InChI=1S/C29H33N5OS/c1-5-26(33(3)4)27-31-32-29(34(27)20-22-14-8-6-9-15-22)36-21(2)28(35)30-25-19-13-12-18-24(25)23-16-10-7-11-17-23/h6-19,21,26H,5,20H2,1-4H3,(H,30,35)/t21-,26+/m0/s1. The minimum Gasteiger partial charge on any atom is -0.325 e. The van der Waals surface area contributed by atoms with Gasteiger partial charge in [-0.3, -0.25) is 9.69 Å². The van der Waals surface area contributed by atoms with E-state index in [1.165, 1.54) is 17.3 Å². The van der Waals surface area contributed by atoms with E-state index in [4.69, 9.17) is 0 Å². The largest absolute Gasteiger partial charge is 0.325 e. The van der Waals surface area contributed by atoms with E-state index in [1.807, 2.05) is 79.7 Å². The van der Waals surface area contributed by atoms with Crippen molar-refractivity contribution in [2.45, 2.75) is 43.3 Å². The number of nitrogens with one attached hydrogen (secondary N) is 1. The predicted octanol–water partition coefficient (Wildman–Crippen LogP) is 6.13. The molecule has 2 atom stereocenters. The minimum absolute atomic E-state index is 0.0705. The van der Waals surface area contributed by atoms with Gasteiger partial charge in [0.05, 0.1) is 17.8 Å². The number of benzene rings is 3. The lowest BCUT2D eigenvalue weighted by Gasteiger charge is -2.23. The van der Waals surface area contributed by atoms with E-state index in [9.17, 15) is 4.79 Å². The molecule has 0 fully saturated rings. The first-order valence-electron chi connectivity index (χ1n) is 12.2. The highest BCUT2D eigenvalue weighted by atomic mass is 32.2. The summed E-state index contributed by atoms with van der Waals surface area (Å²) in [6, 6.07) is 28.4. The number of para-hydroxylation sites is 1. The van der Waals surface area contributed by atoms with Crippen molar-refractivity contribution in [3.63, 3.8) is 0 Å². The van der Waals surface area contributed by atoms with Gasteiger partial charge in [0, 0.05) is 11.3 Å². The van der Waals surface area contributed by atoms with Gasteiger partial charge in [-0.15, -0.1) is 10.2 Å². The molecule has 1 amide bonds. The fourth-order valence-corrected chi connectivity index (χ4v) is 5.09. The third-order valence-electron chi connectivity index (χ3n) is 6.16. The van der Waals surface area contributed by atoms with Gasteiger partial charge in [0.25, 0.3) is 0 Å². The SMILES string of the molecule is CC[C@H](c1nnc(S[C@@H](C)C(=O)Nc2ccccc2-c2ccccc2)n1Cc1ccccc1)N(C)C. The van der Waals surface area contributed by atoms with E-state index in [0.29, 0.717) is 6.54 Å². The van der Waals surface area contributed by atoms with Gasteiger partial charge in [0.15, 0.2) is 11.0 Å². The molecule has 4 rings (SSSR count). The van der Waals surface area contributed by atoms with Crippen LogP contribution < -0.4 is 5.32 Å². The number of hydrogen-bond acceptors (Lipinski definition) is 5. The van der Waals surface area contributed by atoms with Crippen LogP contribution in [0.15, 0.2) is 90.1 Å². The zero-order valence-corrected chi connectivity index (χ0v) is 22.1. The van der Waals surface area contributed by atoms with Crippen LogP contribution in [-0.2, 0) is 11.3 Å². The molecule has 186 valence electrons. The van der Waals surface area contributed by atoms with Crippen LogP contribution in [-0.4, -0.2) is 44.9 Å². The normalized spacial score (nSPS) is 12.9. The van der Waals surface area contributed by atoms with Crippen LogP contribution in [0.4, 0.5) is 5.69 Å². The summed E-state index contributed by atoms with van der Waals surface area (Å²) < 4.78 is 2.15. The number of rotatable bonds is 10. The first kappa shape index (κ1) is 25.7. The Bertz CT molecular complexity index is 1270. The van der Waals surface area contributed by atoms with E-state index >= 15 is 0 Å². The fourth-order valence-electron chi connectivity index (χ4n) is 4.23. The Morgan fingerprint density at radius 1 is 0.944 bits per heavy atom. The van der Waals surface area contributed by atoms with Gasteiger partial charge in [-0.2, -0.15) is 0 Å². The Hall–Kier alpha value is -3.42. The van der Waals surface area contributed by atoms with Gasteiger partial charge in [-0.05, 0) is 44.6 Å². The quantitative estimate of drug-likeness (QED) is 0.266. The number of nitrogens with zero attached hydrogens (tertiary/aromatic N) is 4. The van der Waals surface area contributed by atoms with Crippen molar-refractivity contribution in [2.75, 3.05) is 19.4 Å². The Kier molecular flexibility index (Phi) is 8.57. The van der Waals surface area contributed by atoms with Gasteiger partial charge in [0.1, 0.15) is 0 Å². The molecule has 0 unspecified atom stereocenters. The smallest absolute Gasteiger partial charge is 0.237 e. The molecule has 6 nitrogen and oxygen atoms in total. The van der Waals surface area contributed by atoms with Crippen LogP contribution in [0, 0.1) is 0 Å². The van der Waals surface area contributed by atoms with Crippen molar-refractivity contribution in [3.05, 3.63) is 96.3 Å². The van der Waals surface area contributed by atoms with Crippen LogP contribution in [0.2, 0.25) is 0 Å². The molecule has 0 aliphatic rings. The third kappa shape index (κ3) is 6.04. The van der Waals surface area contributed by atoms with E-state index in [-0.39, 0.29) is 17.2 Å². The van der Waals surface area contributed by atoms with Gasteiger partial charge in [0.2, 0.25) is 5.91 Å². The van der Waals surface area contributed by atoms with Crippen LogP contribution >= 0.6 is 11.8 Å². The number of thioether (sulfide) groups is 1. The van der Waals surface area contributed by atoms with Crippen molar-refractivity contribution >= 4 is 23.4 Å². The molecule has 0 radical (unpaired) electrons. The third-order valence-corrected chi connectivity index (χ3v) is 7.24. The molecule has 0 saturated heterocycles. The van der Waals surface area contributed by atoms with Crippen LogP contribution in [0.25, 0.3) is 11.1 Å². The molecule has 0 saturated carbocycles. The maximum atomic E-state index is 13.3. The number of carbonyl (C=O) groups is 1. The maximum absolute atomic E-state index is 13.3. The summed E-state index contributed by atoms with van der Waals surface area (Å²) >= 11 is 1.44. The lowest BCUT2D eigenvalue weighted by atomic mass is 10.0. The average molecular weight is 500 g/mol. The van der Waals surface area contributed by atoms with Crippen molar-refractivity contribution in [1.82, 2.24) is 19.7 Å². The van der Waals surface area contributed by atoms with Crippen LogP contribution in [0.1, 0.15) is 37.7 Å². The highest BCUT2D eigenvalue weighted by Crippen LogP contribution is 2.31. The zero-order valence-electron chi connectivity index (χ0n) is 21.3. The number of hydrogen-bond donors (Lipinski definition) is 1. The Labute approximate surface area is 217 Å². The fraction of sp³-hybridized carbons (Fsp3) is 0.276. The summed E-state index contributed by atoms with van der Waals surface area (Å²) in [5.74, 6) is 0.842. The van der Waals surface area contributed by atoms with Gasteiger partial charge < -0.3 is 9.88 Å². The van der Waals surface area contributed by atoms with Crippen molar-refractivity contribution in [1.29, 1.82) is 0 Å². The van der Waals surface area contributed by atoms with Gasteiger partial charge in [-0.25, -0.2) is 0 Å². The molecule has 0 aliphatic carbocycles. The lowest BCUT2D eigenvalue weighted by molar-refractivity contribution is -0.115.